The molecule has 0 aromatic heterocycles. The van der Waals surface area contributed by atoms with E-state index in [0.717, 1.165) is 4.47 Å². The molecule has 0 aliphatic carbocycles. The van der Waals surface area contributed by atoms with E-state index in [1.165, 1.54) is 11.1 Å². The van der Waals surface area contributed by atoms with Gasteiger partial charge in [-0.25, -0.2) is 0 Å². The third kappa shape index (κ3) is 2.55. The Morgan fingerprint density at radius 3 is 2.38 bits per heavy atom. The standard InChI is InChI=1S/C11H15BrO/c1-8-4-9(6-10(12)5-8)11(2,3)7-13/h4-6,13H,7H2,1-3H3. The summed E-state index contributed by atoms with van der Waals surface area (Å²) in [5.41, 5.74) is 2.22. The maximum atomic E-state index is 9.21. The van der Waals surface area contributed by atoms with Crippen molar-refractivity contribution in [1.82, 2.24) is 0 Å². The summed E-state index contributed by atoms with van der Waals surface area (Å²) < 4.78 is 1.07. The van der Waals surface area contributed by atoms with Gasteiger partial charge in [0.2, 0.25) is 0 Å². The summed E-state index contributed by atoms with van der Waals surface area (Å²) >= 11 is 3.45. The first kappa shape index (κ1) is 10.7. The average molecular weight is 243 g/mol. The van der Waals surface area contributed by atoms with Gasteiger partial charge in [0, 0.05) is 9.89 Å². The zero-order valence-corrected chi connectivity index (χ0v) is 9.85. The molecule has 1 nitrogen and oxygen atoms in total. The van der Waals surface area contributed by atoms with Gasteiger partial charge in [0.05, 0.1) is 6.61 Å². The topological polar surface area (TPSA) is 20.2 Å². The van der Waals surface area contributed by atoms with E-state index in [4.69, 9.17) is 0 Å². The SMILES string of the molecule is Cc1cc(Br)cc(C(C)(C)CO)c1. The van der Waals surface area contributed by atoms with E-state index in [1.54, 1.807) is 0 Å². The largest absolute Gasteiger partial charge is 0.395 e. The van der Waals surface area contributed by atoms with Crippen LogP contribution in [0.4, 0.5) is 0 Å². The fraction of sp³-hybridized carbons (Fsp3) is 0.455. The summed E-state index contributed by atoms with van der Waals surface area (Å²) in [5, 5.41) is 9.21. The first-order valence-electron chi connectivity index (χ1n) is 4.34. The maximum absolute atomic E-state index is 9.21. The van der Waals surface area contributed by atoms with Crippen LogP contribution in [0.3, 0.4) is 0 Å². The molecule has 0 aliphatic rings. The molecule has 72 valence electrons. The normalized spacial score (nSPS) is 11.8. The van der Waals surface area contributed by atoms with Crippen LogP contribution in [0.15, 0.2) is 22.7 Å². The highest BCUT2D eigenvalue weighted by atomic mass is 79.9. The van der Waals surface area contributed by atoms with Gasteiger partial charge in [0.1, 0.15) is 0 Å². The smallest absolute Gasteiger partial charge is 0.0522 e. The minimum atomic E-state index is -0.158. The Bertz CT molecular complexity index is 285. The second-order valence-electron chi connectivity index (χ2n) is 4.06. The lowest BCUT2D eigenvalue weighted by Gasteiger charge is -2.22. The van der Waals surface area contributed by atoms with Gasteiger partial charge in [-0.1, -0.05) is 35.8 Å². The number of rotatable bonds is 2. The van der Waals surface area contributed by atoms with Crippen molar-refractivity contribution in [3.63, 3.8) is 0 Å². The zero-order valence-electron chi connectivity index (χ0n) is 8.26. The molecule has 0 aliphatic heterocycles. The molecule has 1 N–H and O–H groups in total. The molecule has 0 amide bonds. The number of benzene rings is 1. The van der Waals surface area contributed by atoms with Gasteiger partial charge in [-0.05, 0) is 30.2 Å². The second-order valence-corrected chi connectivity index (χ2v) is 4.97. The highest BCUT2D eigenvalue weighted by Gasteiger charge is 2.19. The molecule has 0 atom stereocenters. The third-order valence-corrected chi connectivity index (χ3v) is 2.68. The molecule has 1 rings (SSSR count). The van der Waals surface area contributed by atoms with Crippen LogP contribution < -0.4 is 0 Å². The monoisotopic (exact) mass is 242 g/mol. The van der Waals surface area contributed by atoms with Crippen molar-refractivity contribution in [2.75, 3.05) is 6.61 Å². The van der Waals surface area contributed by atoms with Crippen molar-refractivity contribution in [3.05, 3.63) is 33.8 Å². The van der Waals surface area contributed by atoms with Gasteiger partial charge in [0.15, 0.2) is 0 Å². The van der Waals surface area contributed by atoms with Crippen LogP contribution in [0, 0.1) is 6.92 Å². The first-order valence-corrected chi connectivity index (χ1v) is 5.13. The summed E-state index contributed by atoms with van der Waals surface area (Å²) in [6.45, 7) is 6.30. The van der Waals surface area contributed by atoms with Crippen LogP contribution in [0.25, 0.3) is 0 Å². The number of halogens is 1. The van der Waals surface area contributed by atoms with E-state index in [9.17, 15) is 5.11 Å². The Hall–Kier alpha value is -0.340. The molecule has 0 saturated carbocycles. The van der Waals surface area contributed by atoms with E-state index >= 15 is 0 Å². The predicted molar refractivity (Wildman–Crippen MR) is 59.0 cm³/mol. The highest BCUT2D eigenvalue weighted by Crippen LogP contribution is 2.26. The molecule has 0 saturated heterocycles. The molecule has 0 spiro atoms. The fourth-order valence-electron chi connectivity index (χ4n) is 1.22. The van der Waals surface area contributed by atoms with Crippen LogP contribution in [-0.2, 0) is 5.41 Å². The lowest BCUT2D eigenvalue weighted by molar-refractivity contribution is 0.218. The average Bonchev–Trinajstić information content (AvgIpc) is 2.02. The van der Waals surface area contributed by atoms with Gasteiger partial charge >= 0.3 is 0 Å². The van der Waals surface area contributed by atoms with Crippen LogP contribution in [0.1, 0.15) is 25.0 Å². The van der Waals surface area contributed by atoms with E-state index in [-0.39, 0.29) is 12.0 Å². The minimum absolute atomic E-state index is 0.158. The molecular formula is C11H15BrO. The molecule has 0 unspecified atom stereocenters. The van der Waals surface area contributed by atoms with Crippen molar-refractivity contribution in [1.29, 1.82) is 0 Å². The van der Waals surface area contributed by atoms with Crippen molar-refractivity contribution in [2.24, 2.45) is 0 Å². The quantitative estimate of drug-likeness (QED) is 0.846. The van der Waals surface area contributed by atoms with Crippen molar-refractivity contribution in [3.8, 4) is 0 Å². The van der Waals surface area contributed by atoms with Crippen LogP contribution in [0.2, 0.25) is 0 Å². The van der Waals surface area contributed by atoms with Crippen LogP contribution in [-0.4, -0.2) is 11.7 Å². The Morgan fingerprint density at radius 1 is 1.31 bits per heavy atom. The first-order chi connectivity index (χ1) is 5.95. The number of aliphatic hydroxyl groups excluding tert-OH is 1. The molecule has 0 radical (unpaired) electrons. The van der Waals surface area contributed by atoms with Crippen molar-refractivity contribution in [2.45, 2.75) is 26.2 Å². The van der Waals surface area contributed by atoms with E-state index in [2.05, 4.69) is 41.1 Å². The number of aryl methyl sites for hydroxylation is 1. The molecule has 0 heterocycles. The third-order valence-electron chi connectivity index (χ3n) is 2.22. The number of hydrogen-bond acceptors (Lipinski definition) is 1. The lowest BCUT2D eigenvalue weighted by atomic mass is 9.85. The van der Waals surface area contributed by atoms with Gasteiger partial charge in [0.25, 0.3) is 0 Å². The van der Waals surface area contributed by atoms with Gasteiger partial charge in [-0.15, -0.1) is 0 Å². The van der Waals surface area contributed by atoms with Crippen molar-refractivity contribution >= 4 is 15.9 Å². The summed E-state index contributed by atoms with van der Waals surface area (Å²) in [6, 6.07) is 6.24. The Kier molecular flexibility index (Phi) is 3.14. The van der Waals surface area contributed by atoms with Crippen LogP contribution in [0.5, 0.6) is 0 Å². The van der Waals surface area contributed by atoms with E-state index < -0.39 is 0 Å². The fourth-order valence-corrected chi connectivity index (χ4v) is 1.83. The maximum Gasteiger partial charge on any atom is 0.0522 e. The molecule has 1 aromatic rings. The van der Waals surface area contributed by atoms with E-state index in [1.807, 2.05) is 13.8 Å². The lowest BCUT2D eigenvalue weighted by Crippen LogP contribution is -2.22. The number of hydrogen-bond donors (Lipinski definition) is 1. The number of aliphatic hydroxyl groups is 1. The Balaban J connectivity index is 3.15. The Labute approximate surface area is 87.9 Å². The second kappa shape index (κ2) is 3.81. The minimum Gasteiger partial charge on any atom is -0.395 e. The molecule has 1 aromatic carbocycles. The molecular weight excluding hydrogens is 228 g/mol. The van der Waals surface area contributed by atoms with E-state index in [0.29, 0.717) is 0 Å². The predicted octanol–water partition coefficient (Wildman–Crippen LogP) is 3.03. The van der Waals surface area contributed by atoms with Gasteiger partial charge in [-0.2, -0.15) is 0 Å². The summed E-state index contributed by atoms with van der Waals surface area (Å²) in [4.78, 5) is 0. The molecule has 0 bridgehead atoms. The highest BCUT2D eigenvalue weighted by molar-refractivity contribution is 9.10. The van der Waals surface area contributed by atoms with Gasteiger partial charge in [-0.3, -0.25) is 0 Å². The molecule has 13 heavy (non-hydrogen) atoms. The molecule has 0 fully saturated rings. The summed E-state index contributed by atoms with van der Waals surface area (Å²) in [6.07, 6.45) is 0. The van der Waals surface area contributed by atoms with Crippen molar-refractivity contribution < 1.29 is 5.11 Å². The summed E-state index contributed by atoms with van der Waals surface area (Å²) in [5.74, 6) is 0. The summed E-state index contributed by atoms with van der Waals surface area (Å²) in [7, 11) is 0. The van der Waals surface area contributed by atoms with Crippen LogP contribution >= 0.6 is 15.9 Å². The molecule has 2 heteroatoms. The zero-order chi connectivity index (χ0) is 10.1. The van der Waals surface area contributed by atoms with Gasteiger partial charge < -0.3 is 5.11 Å². The Morgan fingerprint density at radius 2 is 1.92 bits per heavy atom.